The van der Waals surface area contributed by atoms with Crippen molar-refractivity contribution in [2.45, 2.75) is 35.6 Å². The quantitative estimate of drug-likeness (QED) is 0.849. The van der Waals surface area contributed by atoms with E-state index in [1.165, 1.54) is 23.9 Å². The summed E-state index contributed by atoms with van der Waals surface area (Å²) < 4.78 is 13.3. The van der Waals surface area contributed by atoms with Gasteiger partial charge in [0, 0.05) is 20.9 Å². The fourth-order valence-corrected chi connectivity index (χ4v) is 3.15. The highest BCUT2D eigenvalue weighted by Gasteiger charge is 2.09. The second-order valence-electron chi connectivity index (χ2n) is 4.68. The summed E-state index contributed by atoms with van der Waals surface area (Å²) in [5.74, 6) is -0.233. The fourth-order valence-electron chi connectivity index (χ4n) is 1.88. The van der Waals surface area contributed by atoms with Gasteiger partial charge in [0.2, 0.25) is 0 Å². The van der Waals surface area contributed by atoms with Crippen molar-refractivity contribution in [1.29, 1.82) is 0 Å². The highest BCUT2D eigenvalue weighted by molar-refractivity contribution is 7.99. The zero-order valence-corrected chi connectivity index (χ0v) is 12.8. The molecule has 2 aromatic carbocycles. The van der Waals surface area contributed by atoms with Crippen molar-refractivity contribution in [3.63, 3.8) is 0 Å². The van der Waals surface area contributed by atoms with Crippen molar-refractivity contribution in [3.05, 3.63) is 58.9 Å². The van der Waals surface area contributed by atoms with Crippen LogP contribution in [0.1, 0.15) is 18.9 Å². The Labute approximate surface area is 128 Å². The third kappa shape index (κ3) is 4.23. The van der Waals surface area contributed by atoms with Crippen LogP contribution in [-0.4, -0.2) is 6.04 Å². The average Bonchev–Trinajstić information content (AvgIpc) is 2.41. The van der Waals surface area contributed by atoms with Gasteiger partial charge in [0.1, 0.15) is 5.82 Å². The number of hydrogen-bond acceptors (Lipinski definition) is 2. The Morgan fingerprint density at radius 1 is 1.25 bits per heavy atom. The minimum atomic E-state index is -0.233. The zero-order chi connectivity index (χ0) is 14.5. The summed E-state index contributed by atoms with van der Waals surface area (Å²) in [5, 5.41) is 0.678. The summed E-state index contributed by atoms with van der Waals surface area (Å²) in [6, 6.07) is 12.5. The van der Waals surface area contributed by atoms with Crippen molar-refractivity contribution in [2.24, 2.45) is 5.73 Å². The molecule has 0 aromatic heterocycles. The highest BCUT2D eigenvalue weighted by atomic mass is 35.5. The molecule has 0 aliphatic rings. The molecule has 1 unspecified atom stereocenters. The van der Waals surface area contributed by atoms with E-state index in [4.69, 9.17) is 17.3 Å². The molecule has 0 fully saturated rings. The molecule has 106 valence electrons. The van der Waals surface area contributed by atoms with Gasteiger partial charge in [0.25, 0.3) is 0 Å². The first kappa shape index (κ1) is 15.4. The van der Waals surface area contributed by atoms with Gasteiger partial charge in [-0.25, -0.2) is 4.39 Å². The number of hydrogen-bond donors (Lipinski definition) is 1. The van der Waals surface area contributed by atoms with E-state index < -0.39 is 0 Å². The lowest BCUT2D eigenvalue weighted by Gasteiger charge is -2.13. The van der Waals surface area contributed by atoms with E-state index in [0.717, 1.165) is 28.2 Å². The second-order valence-corrected chi connectivity index (χ2v) is 6.24. The summed E-state index contributed by atoms with van der Waals surface area (Å²) in [6.07, 6.45) is 1.72. The van der Waals surface area contributed by atoms with Crippen LogP contribution >= 0.6 is 23.4 Å². The Bertz CT molecular complexity index is 588. The van der Waals surface area contributed by atoms with Gasteiger partial charge in [0.15, 0.2) is 0 Å². The summed E-state index contributed by atoms with van der Waals surface area (Å²) in [6.45, 7) is 2.07. The van der Waals surface area contributed by atoms with Crippen LogP contribution in [0.4, 0.5) is 4.39 Å². The summed E-state index contributed by atoms with van der Waals surface area (Å²) in [7, 11) is 0. The molecule has 0 aliphatic carbocycles. The van der Waals surface area contributed by atoms with Crippen LogP contribution in [-0.2, 0) is 6.42 Å². The monoisotopic (exact) mass is 309 g/mol. The van der Waals surface area contributed by atoms with Crippen molar-refractivity contribution in [3.8, 4) is 0 Å². The van der Waals surface area contributed by atoms with Gasteiger partial charge in [-0.2, -0.15) is 0 Å². The Morgan fingerprint density at radius 2 is 2.05 bits per heavy atom. The third-order valence-electron chi connectivity index (χ3n) is 3.06. The molecule has 0 bridgehead atoms. The summed E-state index contributed by atoms with van der Waals surface area (Å²) in [5.41, 5.74) is 7.18. The SMILES string of the molecule is CCC(N)Cc1ccc(Cl)cc1Sc1cccc(F)c1. The van der Waals surface area contributed by atoms with Crippen molar-refractivity contribution in [2.75, 3.05) is 0 Å². The maximum atomic E-state index is 13.3. The first-order valence-electron chi connectivity index (χ1n) is 6.56. The minimum absolute atomic E-state index is 0.128. The number of nitrogens with two attached hydrogens (primary N) is 1. The zero-order valence-electron chi connectivity index (χ0n) is 11.3. The van der Waals surface area contributed by atoms with E-state index in [1.54, 1.807) is 6.07 Å². The molecule has 0 aliphatic heterocycles. The standard InChI is InChI=1S/C16H17ClFNS/c1-2-14(19)8-11-6-7-12(17)9-16(11)20-15-5-3-4-13(18)10-15/h3-7,9-10,14H,2,8,19H2,1H3. The van der Waals surface area contributed by atoms with E-state index in [9.17, 15) is 4.39 Å². The van der Waals surface area contributed by atoms with Gasteiger partial charge < -0.3 is 5.73 Å². The minimum Gasteiger partial charge on any atom is -0.327 e. The molecule has 0 saturated heterocycles. The lowest BCUT2D eigenvalue weighted by Crippen LogP contribution is -2.21. The van der Waals surface area contributed by atoms with Gasteiger partial charge >= 0.3 is 0 Å². The smallest absolute Gasteiger partial charge is 0.124 e. The van der Waals surface area contributed by atoms with Gasteiger partial charge in [-0.15, -0.1) is 0 Å². The molecule has 0 amide bonds. The maximum absolute atomic E-state index is 13.3. The molecule has 1 nitrogen and oxygen atoms in total. The molecular weight excluding hydrogens is 293 g/mol. The first-order valence-corrected chi connectivity index (χ1v) is 7.75. The molecule has 0 saturated carbocycles. The normalized spacial score (nSPS) is 12.4. The number of halogens is 2. The van der Waals surface area contributed by atoms with Gasteiger partial charge in [-0.3, -0.25) is 0 Å². The number of benzene rings is 2. The molecule has 0 heterocycles. The van der Waals surface area contributed by atoms with Gasteiger partial charge in [-0.1, -0.05) is 42.4 Å². The van der Waals surface area contributed by atoms with Crippen LogP contribution in [0.5, 0.6) is 0 Å². The molecule has 0 spiro atoms. The highest BCUT2D eigenvalue weighted by Crippen LogP contribution is 2.33. The van der Waals surface area contributed by atoms with Crippen LogP contribution in [0.2, 0.25) is 5.02 Å². The third-order valence-corrected chi connectivity index (χ3v) is 4.38. The fraction of sp³-hybridized carbons (Fsp3) is 0.250. The van der Waals surface area contributed by atoms with E-state index in [1.807, 2.05) is 24.3 Å². The van der Waals surface area contributed by atoms with E-state index in [2.05, 4.69) is 6.92 Å². The van der Waals surface area contributed by atoms with Crippen molar-refractivity contribution < 1.29 is 4.39 Å². The first-order chi connectivity index (χ1) is 9.58. The topological polar surface area (TPSA) is 26.0 Å². The molecule has 20 heavy (non-hydrogen) atoms. The lowest BCUT2D eigenvalue weighted by molar-refractivity contribution is 0.624. The van der Waals surface area contributed by atoms with Crippen LogP contribution in [0.25, 0.3) is 0 Å². The molecule has 2 rings (SSSR count). The predicted octanol–water partition coefficient (Wildman–Crippen LogP) is 4.91. The van der Waals surface area contributed by atoms with Crippen molar-refractivity contribution >= 4 is 23.4 Å². The van der Waals surface area contributed by atoms with Crippen LogP contribution in [0.3, 0.4) is 0 Å². The molecule has 2 aromatic rings. The second kappa shape index (κ2) is 7.11. The molecule has 0 radical (unpaired) electrons. The Kier molecular flexibility index (Phi) is 5.46. The summed E-state index contributed by atoms with van der Waals surface area (Å²) in [4.78, 5) is 1.89. The molecular formula is C16H17ClFNS. The van der Waals surface area contributed by atoms with Crippen LogP contribution in [0.15, 0.2) is 52.3 Å². The molecule has 1 atom stereocenters. The Hall–Kier alpha value is -1.03. The Balaban J connectivity index is 2.27. The van der Waals surface area contributed by atoms with Crippen molar-refractivity contribution in [1.82, 2.24) is 0 Å². The summed E-state index contributed by atoms with van der Waals surface area (Å²) >= 11 is 7.58. The number of rotatable bonds is 5. The predicted molar refractivity (Wildman–Crippen MR) is 83.9 cm³/mol. The van der Waals surface area contributed by atoms with E-state index in [-0.39, 0.29) is 11.9 Å². The van der Waals surface area contributed by atoms with Crippen LogP contribution in [0, 0.1) is 5.82 Å². The molecule has 2 N–H and O–H groups in total. The largest absolute Gasteiger partial charge is 0.327 e. The van der Waals surface area contributed by atoms with E-state index >= 15 is 0 Å². The maximum Gasteiger partial charge on any atom is 0.124 e. The van der Waals surface area contributed by atoms with E-state index in [0.29, 0.717) is 5.02 Å². The lowest BCUT2D eigenvalue weighted by atomic mass is 10.1. The molecule has 4 heteroatoms. The average molecular weight is 310 g/mol. The van der Waals surface area contributed by atoms with Gasteiger partial charge in [0.05, 0.1) is 0 Å². The van der Waals surface area contributed by atoms with Crippen LogP contribution < -0.4 is 5.73 Å². The van der Waals surface area contributed by atoms with Gasteiger partial charge in [-0.05, 0) is 48.7 Å². The Morgan fingerprint density at radius 3 is 2.75 bits per heavy atom.